The number of nitrogens with zero attached hydrogens (tertiary/aromatic N) is 1. The van der Waals surface area contributed by atoms with Crippen LogP contribution in [0.2, 0.25) is 0 Å². The van der Waals surface area contributed by atoms with E-state index in [2.05, 4.69) is 31.7 Å². The lowest BCUT2D eigenvalue weighted by molar-refractivity contribution is -0.0211. The Balaban J connectivity index is 3.63. The molecule has 0 rings (SSSR count). The standard InChI is InChI=1S/C11H23NO2/c1-5-12(6-2)8-7-11(3)9-14-10-13-4/h7H,5-6,8-10H2,1-4H3. The summed E-state index contributed by atoms with van der Waals surface area (Å²) in [6, 6.07) is 0. The minimum atomic E-state index is 0.371. The third-order valence-electron chi connectivity index (χ3n) is 2.12. The molecule has 0 aromatic rings. The molecule has 0 N–H and O–H groups in total. The summed E-state index contributed by atoms with van der Waals surface area (Å²) in [5, 5.41) is 0. The second-order valence-electron chi connectivity index (χ2n) is 3.29. The first-order valence-corrected chi connectivity index (χ1v) is 5.19. The number of methoxy groups -OCH3 is 1. The lowest BCUT2D eigenvalue weighted by atomic mass is 10.3. The van der Waals surface area contributed by atoms with Gasteiger partial charge in [0.05, 0.1) is 6.61 Å². The molecule has 0 aromatic carbocycles. The summed E-state index contributed by atoms with van der Waals surface area (Å²) >= 11 is 0. The second-order valence-corrected chi connectivity index (χ2v) is 3.29. The van der Waals surface area contributed by atoms with Gasteiger partial charge in [0.1, 0.15) is 6.79 Å². The lowest BCUT2D eigenvalue weighted by Gasteiger charge is -2.15. The Kier molecular flexibility index (Phi) is 8.94. The van der Waals surface area contributed by atoms with Crippen LogP contribution in [0.4, 0.5) is 0 Å². The van der Waals surface area contributed by atoms with Crippen molar-refractivity contribution in [3.05, 3.63) is 11.6 Å². The van der Waals surface area contributed by atoms with Crippen molar-refractivity contribution < 1.29 is 9.47 Å². The predicted octanol–water partition coefficient (Wildman–Crippen LogP) is 1.89. The smallest absolute Gasteiger partial charge is 0.146 e. The zero-order valence-corrected chi connectivity index (χ0v) is 9.88. The van der Waals surface area contributed by atoms with Crippen LogP contribution in [0.15, 0.2) is 11.6 Å². The van der Waals surface area contributed by atoms with Crippen LogP contribution >= 0.6 is 0 Å². The van der Waals surface area contributed by atoms with Crippen molar-refractivity contribution >= 4 is 0 Å². The van der Waals surface area contributed by atoms with E-state index < -0.39 is 0 Å². The summed E-state index contributed by atoms with van der Waals surface area (Å²) in [7, 11) is 1.63. The molecule has 0 fully saturated rings. The minimum absolute atomic E-state index is 0.371. The van der Waals surface area contributed by atoms with Crippen molar-refractivity contribution in [3.8, 4) is 0 Å². The van der Waals surface area contributed by atoms with Gasteiger partial charge in [-0.25, -0.2) is 0 Å². The Labute approximate surface area is 87.7 Å². The van der Waals surface area contributed by atoms with E-state index >= 15 is 0 Å². The molecule has 0 radical (unpaired) electrons. The Morgan fingerprint density at radius 3 is 2.43 bits per heavy atom. The van der Waals surface area contributed by atoms with Crippen LogP contribution in [0.1, 0.15) is 20.8 Å². The molecule has 3 nitrogen and oxygen atoms in total. The maximum absolute atomic E-state index is 5.24. The van der Waals surface area contributed by atoms with Crippen LogP contribution in [-0.4, -0.2) is 45.0 Å². The van der Waals surface area contributed by atoms with Crippen LogP contribution in [0.25, 0.3) is 0 Å². The third kappa shape index (κ3) is 7.06. The molecule has 0 heterocycles. The highest BCUT2D eigenvalue weighted by Crippen LogP contribution is 1.96. The molecular formula is C11H23NO2. The molecule has 84 valence electrons. The van der Waals surface area contributed by atoms with Crippen LogP contribution in [0, 0.1) is 0 Å². The largest absolute Gasteiger partial charge is 0.359 e. The summed E-state index contributed by atoms with van der Waals surface area (Å²) in [5.41, 5.74) is 1.26. The fourth-order valence-electron chi connectivity index (χ4n) is 1.11. The molecule has 0 bridgehead atoms. The quantitative estimate of drug-likeness (QED) is 0.340. The van der Waals surface area contributed by atoms with Gasteiger partial charge in [-0.05, 0) is 20.0 Å². The molecule has 0 aromatic heterocycles. The van der Waals surface area contributed by atoms with Crippen molar-refractivity contribution in [1.29, 1.82) is 0 Å². The topological polar surface area (TPSA) is 21.7 Å². The van der Waals surface area contributed by atoms with Gasteiger partial charge in [0.2, 0.25) is 0 Å². The zero-order valence-electron chi connectivity index (χ0n) is 9.88. The average Bonchev–Trinajstić information content (AvgIpc) is 2.20. The molecule has 0 spiro atoms. The summed E-state index contributed by atoms with van der Waals surface area (Å²) in [6.45, 7) is 10.7. The fourth-order valence-corrected chi connectivity index (χ4v) is 1.11. The van der Waals surface area contributed by atoms with E-state index in [-0.39, 0.29) is 0 Å². The number of hydrogen-bond acceptors (Lipinski definition) is 3. The molecule has 0 saturated heterocycles. The van der Waals surface area contributed by atoms with Gasteiger partial charge in [-0.3, -0.25) is 0 Å². The molecule has 14 heavy (non-hydrogen) atoms. The van der Waals surface area contributed by atoms with Gasteiger partial charge in [-0.15, -0.1) is 0 Å². The highest BCUT2D eigenvalue weighted by atomic mass is 16.7. The summed E-state index contributed by atoms with van der Waals surface area (Å²) < 4.78 is 10.0. The van der Waals surface area contributed by atoms with Gasteiger partial charge in [-0.2, -0.15) is 0 Å². The van der Waals surface area contributed by atoms with Gasteiger partial charge in [-0.1, -0.05) is 25.5 Å². The van der Waals surface area contributed by atoms with Crippen LogP contribution in [-0.2, 0) is 9.47 Å². The van der Waals surface area contributed by atoms with Crippen molar-refractivity contribution in [3.63, 3.8) is 0 Å². The van der Waals surface area contributed by atoms with E-state index in [0.717, 1.165) is 19.6 Å². The van der Waals surface area contributed by atoms with E-state index in [0.29, 0.717) is 13.4 Å². The maximum atomic E-state index is 5.24. The molecule has 0 aliphatic rings. The first-order chi connectivity index (χ1) is 6.74. The highest BCUT2D eigenvalue weighted by molar-refractivity contribution is 4.99. The van der Waals surface area contributed by atoms with Crippen molar-refractivity contribution in [1.82, 2.24) is 4.90 Å². The van der Waals surface area contributed by atoms with Gasteiger partial charge < -0.3 is 14.4 Å². The molecule has 0 unspecified atom stereocenters. The van der Waals surface area contributed by atoms with E-state index in [9.17, 15) is 0 Å². The monoisotopic (exact) mass is 201 g/mol. The molecule has 0 aliphatic carbocycles. The first-order valence-electron chi connectivity index (χ1n) is 5.19. The third-order valence-corrected chi connectivity index (χ3v) is 2.12. The van der Waals surface area contributed by atoms with Crippen LogP contribution in [0.3, 0.4) is 0 Å². The number of rotatable bonds is 8. The maximum Gasteiger partial charge on any atom is 0.146 e. The molecular weight excluding hydrogens is 178 g/mol. The first kappa shape index (κ1) is 13.6. The van der Waals surface area contributed by atoms with Gasteiger partial charge in [0.25, 0.3) is 0 Å². The van der Waals surface area contributed by atoms with Gasteiger partial charge in [0, 0.05) is 13.7 Å². The molecule has 0 aliphatic heterocycles. The number of likely N-dealkylation sites (N-methyl/N-ethyl adjacent to an activating group) is 1. The van der Waals surface area contributed by atoms with Gasteiger partial charge >= 0.3 is 0 Å². The molecule has 0 saturated carbocycles. The van der Waals surface area contributed by atoms with Crippen molar-refractivity contribution in [2.24, 2.45) is 0 Å². The normalized spacial score (nSPS) is 12.5. The van der Waals surface area contributed by atoms with Crippen molar-refractivity contribution in [2.75, 3.05) is 40.1 Å². The lowest BCUT2D eigenvalue weighted by Crippen LogP contribution is -2.23. The van der Waals surface area contributed by atoms with E-state index in [1.165, 1.54) is 5.57 Å². The second kappa shape index (κ2) is 9.19. The number of ether oxygens (including phenoxy) is 2. The van der Waals surface area contributed by atoms with Gasteiger partial charge in [0.15, 0.2) is 0 Å². The summed E-state index contributed by atoms with van der Waals surface area (Å²) in [4.78, 5) is 2.36. The average molecular weight is 201 g/mol. The van der Waals surface area contributed by atoms with E-state index in [4.69, 9.17) is 9.47 Å². The minimum Gasteiger partial charge on any atom is -0.359 e. The fraction of sp³-hybridized carbons (Fsp3) is 0.818. The van der Waals surface area contributed by atoms with Crippen molar-refractivity contribution in [2.45, 2.75) is 20.8 Å². The van der Waals surface area contributed by atoms with Crippen LogP contribution < -0.4 is 0 Å². The summed E-state index contributed by atoms with van der Waals surface area (Å²) in [5.74, 6) is 0. The molecule has 3 heteroatoms. The Morgan fingerprint density at radius 1 is 1.29 bits per heavy atom. The predicted molar refractivity (Wildman–Crippen MR) is 59.4 cm³/mol. The van der Waals surface area contributed by atoms with E-state index in [1.807, 2.05) is 0 Å². The Hall–Kier alpha value is -0.380. The van der Waals surface area contributed by atoms with E-state index in [1.54, 1.807) is 7.11 Å². The molecule has 0 atom stereocenters. The van der Waals surface area contributed by atoms with Crippen LogP contribution in [0.5, 0.6) is 0 Å². The summed E-state index contributed by atoms with van der Waals surface area (Å²) in [6.07, 6.45) is 2.21. The highest BCUT2D eigenvalue weighted by Gasteiger charge is 1.96. The molecule has 0 amide bonds. The Bertz CT molecular complexity index is 153. The zero-order chi connectivity index (χ0) is 10.8. The number of hydrogen-bond donors (Lipinski definition) is 0. The SMILES string of the molecule is CCN(CC)CC=C(C)COCOC. The Morgan fingerprint density at radius 2 is 1.93 bits per heavy atom.